The molecular weight excluding hydrogens is 252 g/mol. The molecule has 1 nitrogen and oxygen atoms in total. The van der Waals surface area contributed by atoms with E-state index < -0.39 is 0 Å². The van der Waals surface area contributed by atoms with Crippen LogP contribution in [0.5, 0.6) is 5.75 Å². The van der Waals surface area contributed by atoms with Crippen molar-refractivity contribution in [3.63, 3.8) is 0 Å². The molecule has 0 bridgehead atoms. The average Bonchev–Trinajstić information content (AvgIpc) is 2.40. The molecule has 1 aromatic rings. The maximum absolute atomic E-state index is 9.55. The fourth-order valence-corrected chi connectivity index (χ4v) is 3.05. The van der Waals surface area contributed by atoms with E-state index in [0.717, 1.165) is 11.3 Å². The number of thioether (sulfide) groups is 1. The highest BCUT2D eigenvalue weighted by atomic mass is 32.2. The summed E-state index contributed by atoms with van der Waals surface area (Å²) in [5, 5.41) is 9.55. The highest BCUT2D eigenvalue weighted by molar-refractivity contribution is 7.99. The Morgan fingerprint density at radius 3 is 2.37 bits per heavy atom. The molecule has 110 valence electrons. The summed E-state index contributed by atoms with van der Waals surface area (Å²) in [5.74, 6) is 2.77. The lowest BCUT2D eigenvalue weighted by Gasteiger charge is -2.25. The smallest absolute Gasteiger partial charge is 0.118 e. The standard InChI is InChI=1S/C15H24OS.C2H6/c1-5-6-9-17-11-15(3,4)13-7-8-14(16)12(2)10-13;1-2/h7-8,10,16H,5-6,9,11H2,1-4H3;1-2H3. The molecule has 0 fully saturated rings. The topological polar surface area (TPSA) is 20.2 Å². The van der Waals surface area contributed by atoms with Crippen LogP contribution in [-0.4, -0.2) is 16.6 Å². The normalized spacial score (nSPS) is 10.8. The van der Waals surface area contributed by atoms with Crippen LogP contribution >= 0.6 is 11.8 Å². The van der Waals surface area contributed by atoms with Crippen LogP contribution in [0, 0.1) is 6.92 Å². The minimum atomic E-state index is 0.177. The van der Waals surface area contributed by atoms with Crippen molar-refractivity contribution in [3.8, 4) is 5.75 Å². The van der Waals surface area contributed by atoms with Gasteiger partial charge in [-0.3, -0.25) is 0 Å². The third-order valence-electron chi connectivity index (χ3n) is 3.08. The molecule has 0 amide bonds. The van der Waals surface area contributed by atoms with Gasteiger partial charge in [-0.15, -0.1) is 0 Å². The highest BCUT2D eigenvalue weighted by Crippen LogP contribution is 2.30. The second-order valence-electron chi connectivity index (χ2n) is 5.29. The number of aromatic hydroxyl groups is 1. The van der Waals surface area contributed by atoms with Gasteiger partial charge in [0.15, 0.2) is 0 Å². The van der Waals surface area contributed by atoms with Crippen molar-refractivity contribution in [2.75, 3.05) is 11.5 Å². The number of hydrogen-bond acceptors (Lipinski definition) is 2. The maximum Gasteiger partial charge on any atom is 0.118 e. The van der Waals surface area contributed by atoms with Gasteiger partial charge in [0.1, 0.15) is 5.75 Å². The van der Waals surface area contributed by atoms with Crippen molar-refractivity contribution in [1.29, 1.82) is 0 Å². The number of phenolic OH excluding ortho intramolecular Hbond substituents is 1. The molecule has 1 aromatic carbocycles. The molecule has 0 unspecified atom stereocenters. The number of phenols is 1. The number of unbranched alkanes of at least 4 members (excludes halogenated alkanes) is 1. The van der Waals surface area contributed by atoms with Crippen LogP contribution in [0.2, 0.25) is 0 Å². The first kappa shape index (κ1) is 18.4. The van der Waals surface area contributed by atoms with E-state index in [9.17, 15) is 5.11 Å². The van der Waals surface area contributed by atoms with Gasteiger partial charge in [-0.05, 0) is 41.7 Å². The summed E-state index contributed by atoms with van der Waals surface area (Å²) in [4.78, 5) is 0. The molecule has 0 atom stereocenters. The SMILES string of the molecule is CC.CCCCSCC(C)(C)c1ccc(O)c(C)c1. The predicted molar refractivity (Wildman–Crippen MR) is 89.5 cm³/mol. The molecule has 0 heterocycles. The minimum absolute atomic E-state index is 0.177. The average molecular weight is 282 g/mol. The Balaban J connectivity index is 0.00000154. The maximum atomic E-state index is 9.55. The molecule has 19 heavy (non-hydrogen) atoms. The predicted octanol–water partition coefficient (Wildman–Crippen LogP) is 5.54. The van der Waals surface area contributed by atoms with Crippen LogP contribution in [-0.2, 0) is 5.41 Å². The van der Waals surface area contributed by atoms with E-state index in [1.807, 2.05) is 44.7 Å². The fraction of sp³-hybridized carbons (Fsp3) is 0.647. The quantitative estimate of drug-likeness (QED) is 0.691. The number of rotatable bonds is 6. The van der Waals surface area contributed by atoms with E-state index in [2.05, 4.69) is 26.8 Å². The van der Waals surface area contributed by atoms with Crippen molar-refractivity contribution < 1.29 is 5.11 Å². The molecule has 2 heteroatoms. The second-order valence-corrected chi connectivity index (χ2v) is 6.40. The first-order valence-electron chi connectivity index (χ1n) is 7.35. The number of aryl methyl sites for hydroxylation is 1. The summed E-state index contributed by atoms with van der Waals surface area (Å²) in [6.45, 7) is 12.7. The summed E-state index contributed by atoms with van der Waals surface area (Å²) in [6.07, 6.45) is 2.57. The molecule has 1 rings (SSSR count). The summed E-state index contributed by atoms with van der Waals surface area (Å²) < 4.78 is 0. The first-order chi connectivity index (χ1) is 8.97. The number of benzene rings is 1. The zero-order valence-electron chi connectivity index (χ0n) is 13.4. The molecular formula is C17H30OS. The Morgan fingerprint density at radius 2 is 1.84 bits per heavy atom. The third kappa shape index (κ3) is 6.38. The van der Waals surface area contributed by atoms with Gasteiger partial charge in [0.05, 0.1) is 0 Å². The van der Waals surface area contributed by atoms with Crippen LogP contribution < -0.4 is 0 Å². The Labute approximate surface area is 123 Å². The van der Waals surface area contributed by atoms with Crippen molar-refractivity contribution in [3.05, 3.63) is 29.3 Å². The lowest BCUT2D eigenvalue weighted by atomic mass is 9.86. The van der Waals surface area contributed by atoms with Crippen molar-refractivity contribution in [2.45, 2.75) is 59.8 Å². The molecule has 0 radical (unpaired) electrons. The van der Waals surface area contributed by atoms with Gasteiger partial charge in [0.2, 0.25) is 0 Å². The molecule has 1 N–H and O–H groups in total. The monoisotopic (exact) mass is 282 g/mol. The molecule has 0 aliphatic carbocycles. The largest absolute Gasteiger partial charge is 0.508 e. The zero-order chi connectivity index (χ0) is 14.9. The molecule has 0 saturated heterocycles. The van der Waals surface area contributed by atoms with Gasteiger partial charge in [-0.2, -0.15) is 11.8 Å². The van der Waals surface area contributed by atoms with Crippen LogP contribution in [0.1, 0.15) is 58.6 Å². The Bertz CT molecular complexity index is 358. The van der Waals surface area contributed by atoms with Crippen LogP contribution in [0.4, 0.5) is 0 Å². The second kappa shape index (κ2) is 9.30. The van der Waals surface area contributed by atoms with E-state index >= 15 is 0 Å². The van der Waals surface area contributed by atoms with Crippen LogP contribution in [0.15, 0.2) is 18.2 Å². The van der Waals surface area contributed by atoms with Crippen LogP contribution in [0.25, 0.3) is 0 Å². The summed E-state index contributed by atoms with van der Waals surface area (Å²) in [5.41, 5.74) is 2.46. The van der Waals surface area contributed by atoms with Crippen molar-refractivity contribution in [2.24, 2.45) is 0 Å². The van der Waals surface area contributed by atoms with Gasteiger partial charge in [0.25, 0.3) is 0 Å². The molecule has 0 spiro atoms. The van der Waals surface area contributed by atoms with E-state index in [4.69, 9.17) is 0 Å². The fourth-order valence-electron chi connectivity index (χ4n) is 1.73. The van der Waals surface area contributed by atoms with Gasteiger partial charge in [-0.25, -0.2) is 0 Å². The van der Waals surface area contributed by atoms with Crippen molar-refractivity contribution >= 4 is 11.8 Å². The zero-order valence-corrected chi connectivity index (χ0v) is 14.2. The van der Waals surface area contributed by atoms with E-state index in [1.54, 1.807) is 0 Å². The van der Waals surface area contributed by atoms with Crippen molar-refractivity contribution in [1.82, 2.24) is 0 Å². The first-order valence-corrected chi connectivity index (χ1v) is 8.50. The molecule has 0 saturated carbocycles. The summed E-state index contributed by atoms with van der Waals surface area (Å²) in [7, 11) is 0. The van der Waals surface area contributed by atoms with Gasteiger partial charge in [0, 0.05) is 5.75 Å². The lowest BCUT2D eigenvalue weighted by molar-refractivity contribution is 0.470. The molecule has 0 aliphatic heterocycles. The Morgan fingerprint density at radius 1 is 1.21 bits per heavy atom. The molecule has 0 aromatic heterocycles. The highest BCUT2D eigenvalue weighted by Gasteiger charge is 2.20. The number of hydrogen-bond donors (Lipinski definition) is 1. The Hall–Kier alpha value is -0.630. The third-order valence-corrected chi connectivity index (χ3v) is 4.59. The van der Waals surface area contributed by atoms with Crippen LogP contribution in [0.3, 0.4) is 0 Å². The minimum Gasteiger partial charge on any atom is -0.508 e. The summed E-state index contributed by atoms with van der Waals surface area (Å²) in [6, 6.07) is 5.96. The van der Waals surface area contributed by atoms with Gasteiger partial charge in [-0.1, -0.05) is 53.2 Å². The van der Waals surface area contributed by atoms with E-state index in [1.165, 1.54) is 24.2 Å². The van der Waals surface area contributed by atoms with E-state index in [0.29, 0.717) is 5.75 Å². The Kier molecular flexibility index (Phi) is 8.99. The molecule has 0 aliphatic rings. The summed E-state index contributed by atoms with van der Waals surface area (Å²) >= 11 is 2.03. The van der Waals surface area contributed by atoms with Gasteiger partial charge < -0.3 is 5.11 Å². The van der Waals surface area contributed by atoms with E-state index in [-0.39, 0.29) is 5.41 Å². The lowest BCUT2D eigenvalue weighted by Crippen LogP contribution is -2.20. The van der Waals surface area contributed by atoms with Gasteiger partial charge >= 0.3 is 0 Å².